The molecule has 0 aliphatic heterocycles. The number of hydrogen-bond acceptors (Lipinski definition) is 5. The zero-order valence-corrected chi connectivity index (χ0v) is 17.4. The van der Waals surface area contributed by atoms with Gasteiger partial charge >= 0.3 is 6.16 Å². The largest absolute Gasteiger partial charge is 0.514 e. The van der Waals surface area contributed by atoms with Crippen molar-refractivity contribution in [1.82, 2.24) is 0 Å². The third-order valence-corrected chi connectivity index (χ3v) is 5.82. The molecule has 29 heavy (non-hydrogen) atoms. The van der Waals surface area contributed by atoms with Gasteiger partial charge in [0.25, 0.3) is 0 Å². The highest BCUT2D eigenvalue weighted by Gasteiger charge is 2.24. The summed E-state index contributed by atoms with van der Waals surface area (Å²) in [6.45, 7) is 2.48. The molecule has 0 amide bonds. The number of unbranched alkanes of at least 4 members (excludes halogenated alkanes) is 4. The quantitative estimate of drug-likeness (QED) is 0.298. The summed E-state index contributed by atoms with van der Waals surface area (Å²) in [5, 5.41) is 10.8. The van der Waals surface area contributed by atoms with E-state index in [9.17, 15) is 9.90 Å². The van der Waals surface area contributed by atoms with Gasteiger partial charge in [0.15, 0.2) is 11.5 Å². The van der Waals surface area contributed by atoms with Crippen molar-refractivity contribution in [2.24, 2.45) is 0 Å². The smallest absolute Gasteiger partial charge is 0.503 e. The van der Waals surface area contributed by atoms with Gasteiger partial charge in [0.05, 0.1) is 16.4 Å². The van der Waals surface area contributed by atoms with E-state index in [1.807, 2.05) is 60.7 Å². The molecule has 4 nitrogen and oxygen atoms in total. The second-order valence-electron chi connectivity index (χ2n) is 6.78. The van der Waals surface area contributed by atoms with Crippen molar-refractivity contribution in [3.8, 4) is 32.4 Å². The summed E-state index contributed by atoms with van der Waals surface area (Å²) in [6, 6.07) is 19.1. The van der Waals surface area contributed by atoms with Crippen molar-refractivity contribution >= 4 is 17.5 Å². The molecule has 0 aliphatic rings. The lowest BCUT2D eigenvalue weighted by atomic mass is 10.1. The molecule has 0 radical (unpaired) electrons. The van der Waals surface area contributed by atoms with Crippen molar-refractivity contribution in [3.05, 3.63) is 60.7 Å². The Balaban J connectivity index is 1.78. The minimum absolute atomic E-state index is 0.0417. The molecule has 1 aromatic heterocycles. The highest BCUT2D eigenvalue weighted by Crippen LogP contribution is 2.51. The fraction of sp³-hybridized carbons (Fsp3) is 0.292. The Morgan fingerprint density at radius 3 is 2.07 bits per heavy atom. The van der Waals surface area contributed by atoms with Gasteiger partial charge in [0, 0.05) is 0 Å². The van der Waals surface area contributed by atoms with E-state index in [1.165, 1.54) is 24.2 Å². The van der Waals surface area contributed by atoms with Crippen molar-refractivity contribution < 1.29 is 19.4 Å². The van der Waals surface area contributed by atoms with Crippen LogP contribution in [0.25, 0.3) is 20.9 Å². The molecule has 3 aromatic rings. The molecule has 152 valence electrons. The van der Waals surface area contributed by atoms with Gasteiger partial charge in [0.1, 0.15) is 0 Å². The maximum absolute atomic E-state index is 12.2. The third kappa shape index (κ3) is 5.61. The summed E-state index contributed by atoms with van der Waals surface area (Å²) >= 11 is 1.39. The van der Waals surface area contributed by atoms with Crippen molar-refractivity contribution in [3.63, 3.8) is 0 Å². The molecule has 5 heteroatoms. The molecular weight excluding hydrogens is 384 g/mol. The number of hydrogen-bond donors (Lipinski definition) is 1. The summed E-state index contributed by atoms with van der Waals surface area (Å²) < 4.78 is 10.7. The van der Waals surface area contributed by atoms with Crippen molar-refractivity contribution in [1.29, 1.82) is 0 Å². The Hall–Kier alpha value is -2.79. The Bertz CT molecular complexity index is 903. The molecule has 2 aromatic carbocycles. The summed E-state index contributed by atoms with van der Waals surface area (Å²) in [5.74, 6) is 0.107. The van der Waals surface area contributed by atoms with Crippen LogP contribution < -0.4 is 4.74 Å². The maximum Gasteiger partial charge on any atom is 0.514 e. The maximum atomic E-state index is 12.2. The van der Waals surface area contributed by atoms with E-state index < -0.39 is 6.16 Å². The van der Waals surface area contributed by atoms with Gasteiger partial charge < -0.3 is 14.6 Å². The van der Waals surface area contributed by atoms with E-state index in [-0.39, 0.29) is 11.5 Å². The van der Waals surface area contributed by atoms with Gasteiger partial charge in [-0.15, -0.1) is 11.3 Å². The predicted octanol–water partition coefficient (Wildman–Crippen LogP) is 7.27. The van der Waals surface area contributed by atoms with Gasteiger partial charge in [-0.1, -0.05) is 93.3 Å². The number of carbonyl (C=O) groups is 1. The summed E-state index contributed by atoms with van der Waals surface area (Å²) in [7, 11) is 0. The standard InChI is InChI=1S/C24H26O4S/c1-2-3-4-5-12-17-27-24(26)28-21-20(25)22(18-13-8-6-9-14-18)29-23(21)19-15-10-7-11-16-19/h6-11,13-16,25H,2-5,12,17H2,1H3. The number of benzene rings is 2. The van der Waals surface area contributed by atoms with E-state index in [4.69, 9.17) is 9.47 Å². The molecule has 0 atom stereocenters. The van der Waals surface area contributed by atoms with Crippen LogP contribution in [-0.2, 0) is 4.74 Å². The Labute approximate surface area is 175 Å². The first-order valence-corrected chi connectivity index (χ1v) is 10.8. The topological polar surface area (TPSA) is 55.8 Å². The first-order chi connectivity index (χ1) is 14.2. The van der Waals surface area contributed by atoms with Gasteiger partial charge in [-0.3, -0.25) is 0 Å². The SMILES string of the molecule is CCCCCCCOC(=O)Oc1c(-c2ccccc2)sc(-c2ccccc2)c1O. The molecule has 0 spiro atoms. The molecule has 0 aliphatic carbocycles. The van der Waals surface area contributed by atoms with Gasteiger partial charge in [0.2, 0.25) is 0 Å². The minimum atomic E-state index is -0.787. The monoisotopic (exact) mass is 410 g/mol. The summed E-state index contributed by atoms with van der Waals surface area (Å²) in [6.07, 6.45) is 4.55. The van der Waals surface area contributed by atoms with Crippen LogP contribution in [0, 0.1) is 0 Å². The highest BCUT2D eigenvalue weighted by molar-refractivity contribution is 7.19. The molecular formula is C24H26O4S. The molecule has 0 unspecified atom stereocenters. The number of carbonyl (C=O) groups excluding carboxylic acids is 1. The average molecular weight is 411 g/mol. The fourth-order valence-electron chi connectivity index (χ4n) is 3.04. The van der Waals surface area contributed by atoms with Gasteiger partial charge in [-0.2, -0.15) is 0 Å². The molecule has 3 rings (SSSR count). The van der Waals surface area contributed by atoms with Crippen LogP contribution in [0.15, 0.2) is 60.7 Å². The number of rotatable bonds is 9. The third-order valence-electron chi connectivity index (χ3n) is 4.57. The van der Waals surface area contributed by atoms with Gasteiger partial charge in [-0.05, 0) is 17.5 Å². The van der Waals surface area contributed by atoms with Crippen LogP contribution in [0.5, 0.6) is 11.5 Å². The number of ether oxygens (including phenoxy) is 2. The first-order valence-electron chi connectivity index (χ1n) is 10.0. The summed E-state index contributed by atoms with van der Waals surface area (Å²) in [4.78, 5) is 13.6. The molecule has 0 saturated carbocycles. The van der Waals surface area contributed by atoms with Crippen LogP contribution in [0.3, 0.4) is 0 Å². The lowest BCUT2D eigenvalue weighted by Crippen LogP contribution is -2.11. The van der Waals surface area contributed by atoms with Crippen molar-refractivity contribution in [2.45, 2.75) is 39.0 Å². The summed E-state index contributed by atoms with van der Waals surface area (Å²) in [5.41, 5.74) is 1.74. The molecule has 1 N–H and O–H groups in total. The Kier molecular flexibility index (Phi) is 7.70. The molecule has 0 bridgehead atoms. The molecule has 0 saturated heterocycles. The second-order valence-corrected chi connectivity index (χ2v) is 7.81. The van der Waals surface area contributed by atoms with Crippen LogP contribution in [-0.4, -0.2) is 17.9 Å². The van der Waals surface area contributed by atoms with Gasteiger partial charge in [-0.25, -0.2) is 4.79 Å². The fourth-order valence-corrected chi connectivity index (χ4v) is 4.17. The zero-order valence-electron chi connectivity index (χ0n) is 16.6. The minimum Gasteiger partial charge on any atom is -0.503 e. The lowest BCUT2D eigenvalue weighted by Gasteiger charge is -2.07. The van der Waals surface area contributed by atoms with E-state index in [1.54, 1.807) is 0 Å². The normalized spacial score (nSPS) is 10.7. The molecule has 1 heterocycles. The second kappa shape index (κ2) is 10.7. The van der Waals surface area contributed by atoms with E-state index in [2.05, 4.69) is 6.92 Å². The van der Waals surface area contributed by atoms with Crippen LogP contribution in [0.1, 0.15) is 39.0 Å². The molecule has 0 fully saturated rings. The highest BCUT2D eigenvalue weighted by atomic mass is 32.1. The van der Waals surface area contributed by atoms with Crippen LogP contribution in [0.2, 0.25) is 0 Å². The van der Waals surface area contributed by atoms with E-state index >= 15 is 0 Å². The van der Waals surface area contributed by atoms with Crippen molar-refractivity contribution in [2.75, 3.05) is 6.61 Å². The number of aromatic hydroxyl groups is 1. The average Bonchev–Trinajstić information content (AvgIpc) is 3.08. The predicted molar refractivity (Wildman–Crippen MR) is 118 cm³/mol. The zero-order chi connectivity index (χ0) is 20.5. The lowest BCUT2D eigenvalue weighted by molar-refractivity contribution is 0.0966. The van der Waals surface area contributed by atoms with E-state index in [0.717, 1.165) is 30.4 Å². The van der Waals surface area contributed by atoms with E-state index in [0.29, 0.717) is 16.4 Å². The van der Waals surface area contributed by atoms with Crippen LogP contribution in [0.4, 0.5) is 4.79 Å². The number of thiophene rings is 1. The first kappa shape index (κ1) is 20.9. The Morgan fingerprint density at radius 1 is 0.862 bits per heavy atom. The Morgan fingerprint density at radius 2 is 1.45 bits per heavy atom. The van der Waals surface area contributed by atoms with Crippen LogP contribution >= 0.6 is 11.3 Å².